The van der Waals surface area contributed by atoms with E-state index in [-0.39, 0.29) is 0 Å². The molecule has 0 aromatic heterocycles. The highest BCUT2D eigenvalue weighted by Gasteiger charge is 2.30. The minimum atomic E-state index is 0.496. The monoisotopic (exact) mass is 239 g/mol. The van der Waals surface area contributed by atoms with Crippen LogP contribution in [0.15, 0.2) is 0 Å². The van der Waals surface area contributed by atoms with Crippen LogP contribution in [0.1, 0.15) is 32.6 Å². The van der Waals surface area contributed by atoms with Crippen molar-refractivity contribution in [1.29, 1.82) is 0 Å². The van der Waals surface area contributed by atoms with Crippen LogP contribution in [0.4, 0.5) is 0 Å². The van der Waals surface area contributed by atoms with E-state index in [0.29, 0.717) is 5.41 Å². The second-order valence-corrected chi connectivity index (χ2v) is 6.54. The molecule has 3 heteroatoms. The lowest BCUT2D eigenvalue weighted by atomic mass is 9.82. The van der Waals surface area contributed by atoms with Crippen LogP contribution in [0.25, 0.3) is 0 Å². The quantitative estimate of drug-likeness (QED) is 0.803. The SMILES string of the molecule is CN1CCC(N(C)CC2(C)CCCNC2)CC1. The zero-order valence-electron chi connectivity index (χ0n) is 11.8. The van der Waals surface area contributed by atoms with Crippen LogP contribution in [0.2, 0.25) is 0 Å². The Hall–Kier alpha value is -0.120. The first kappa shape index (κ1) is 13.3. The van der Waals surface area contributed by atoms with Crippen LogP contribution < -0.4 is 5.32 Å². The summed E-state index contributed by atoms with van der Waals surface area (Å²) in [6, 6.07) is 0.810. The molecular formula is C14H29N3. The Bertz CT molecular complexity index is 228. The Morgan fingerprint density at radius 3 is 2.65 bits per heavy atom. The number of piperidine rings is 2. The van der Waals surface area contributed by atoms with Gasteiger partial charge in [-0.2, -0.15) is 0 Å². The molecule has 0 saturated carbocycles. The van der Waals surface area contributed by atoms with Crippen LogP contribution in [-0.2, 0) is 0 Å². The first-order chi connectivity index (χ1) is 8.09. The minimum Gasteiger partial charge on any atom is -0.316 e. The van der Waals surface area contributed by atoms with E-state index in [1.165, 1.54) is 58.4 Å². The maximum Gasteiger partial charge on any atom is 0.0117 e. The van der Waals surface area contributed by atoms with E-state index in [1.807, 2.05) is 0 Å². The molecule has 0 spiro atoms. The van der Waals surface area contributed by atoms with Crippen LogP contribution in [0.5, 0.6) is 0 Å². The van der Waals surface area contributed by atoms with Gasteiger partial charge in [-0.05, 0) is 64.8 Å². The Kier molecular flexibility index (Phi) is 4.45. The summed E-state index contributed by atoms with van der Waals surface area (Å²) in [7, 11) is 4.57. The second kappa shape index (κ2) is 5.68. The molecule has 2 fully saturated rings. The van der Waals surface area contributed by atoms with Crippen molar-refractivity contribution >= 4 is 0 Å². The van der Waals surface area contributed by atoms with E-state index < -0.39 is 0 Å². The fourth-order valence-electron chi connectivity index (χ4n) is 3.42. The molecule has 3 nitrogen and oxygen atoms in total. The predicted molar refractivity (Wildman–Crippen MR) is 73.4 cm³/mol. The molecular weight excluding hydrogens is 210 g/mol. The summed E-state index contributed by atoms with van der Waals surface area (Å²) < 4.78 is 0. The summed E-state index contributed by atoms with van der Waals surface area (Å²) in [6.45, 7) is 8.66. The third-order valence-corrected chi connectivity index (χ3v) is 4.63. The van der Waals surface area contributed by atoms with E-state index in [2.05, 4.69) is 36.1 Å². The number of hydrogen-bond donors (Lipinski definition) is 1. The molecule has 2 aliphatic heterocycles. The van der Waals surface area contributed by atoms with Crippen molar-refractivity contribution in [1.82, 2.24) is 15.1 Å². The molecule has 0 aliphatic carbocycles. The predicted octanol–water partition coefficient (Wildman–Crippen LogP) is 1.40. The zero-order valence-corrected chi connectivity index (χ0v) is 11.8. The van der Waals surface area contributed by atoms with Gasteiger partial charge in [-0.25, -0.2) is 0 Å². The van der Waals surface area contributed by atoms with Crippen LogP contribution >= 0.6 is 0 Å². The van der Waals surface area contributed by atoms with E-state index in [9.17, 15) is 0 Å². The van der Waals surface area contributed by atoms with Gasteiger partial charge >= 0.3 is 0 Å². The molecule has 0 bridgehead atoms. The van der Waals surface area contributed by atoms with Gasteiger partial charge in [-0.1, -0.05) is 6.92 Å². The van der Waals surface area contributed by atoms with Crippen molar-refractivity contribution in [3.05, 3.63) is 0 Å². The Morgan fingerprint density at radius 2 is 2.06 bits per heavy atom. The molecule has 0 aromatic carbocycles. The summed E-state index contributed by atoms with van der Waals surface area (Å²) in [5.74, 6) is 0. The lowest BCUT2D eigenvalue weighted by Gasteiger charge is -2.42. The van der Waals surface area contributed by atoms with Gasteiger partial charge in [0.15, 0.2) is 0 Å². The lowest BCUT2D eigenvalue weighted by molar-refractivity contribution is 0.0863. The molecule has 1 atom stereocenters. The van der Waals surface area contributed by atoms with Crippen LogP contribution in [0.3, 0.4) is 0 Å². The number of nitrogens with zero attached hydrogens (tertiary/aromatic N) is 2. The average molecular weight is 239 g/mol. The molecule has 0 aromatic rings. The maximum atomic E-state index is 3.56. The van der Waals surface area contributed by atoms with Gasteiger partial charge in [-0.15, -0.1) is 0 Å². The van der Waals surface area contributed by atoms with Gasteiger partial charge < -0.3 is 15.1 Å². The smallest absolute Gasteiger partial charge is 0.0117 e. The van der Waals surface area contributed by atoms with E-state index in [0.717, 1.165) is 6.04 Å². The van der Waals surface area contributed by atoms with Crippen molar-refractivity contribution in [3.63, 3.8) is 0 Å². The topological polar surface area (TPSA) is 18.5 Å². The normalized spacial score (nSPS) is 33.2. The van der Waals surface area contributed by atoms with Gasteiger partial charge in [-0.3, -0.25) is 0 Å². The number of rotatable bonds is 3. The Labute approximate surface area is 107 Å². The summed E-state index contributed by atoms with van der Waals surface area (Å²) in [4.78, 5) is 5.08. The molecule has 1 N–H and O–H groups in total. The Morgan fingerprint density at radius 1 is 1.35 bits per heavy atom. The maximum absolute atomic E-state index is 3.56. The molecule has 0 radical (unpaired) electrons. The molecule has 100 valence electrons. The summed E-state index contributed by atoms with van der Waals surface area (Å²) in [5.41, 5.74) is 0.496. The highest BCUT2D eigenvalue weighted by Crippen LogP contribution is 2.28. The van der Waals surface area contributed by atoms with Gasteiger partial charge in [0.05, 0.1) is 0 Å². The van der Waals surface area contributed by atoms with E-state index in [1.54, 1.807) is 0 Å². The fraction of sp³-hybridized carbons (Fsp3) is 1.00. The van der Waals surface area contributed by atoms with Gasteiger partial charge in [0.2, 0.25) is 0 Å². The van der Waals surface area contributed by atoms with Crippen LogP contribution in [-0.4, -0.2) is 62.7 Å². The summed E-state index contributed by atoms with van der Waals surface area (Å²) >= 11 is 0. The third kappa shape index (κ3) is 3.67. The van der Waals surface area contributed by atoms with Gasteiger partial charge in [0.25, 0.3) is 0 Å². The van der Waals surface area contributed by atoms with Gasteiger partial charge in [0.1, 0.15) is 0 Å². The molecule has 2 aliphatic rings. The van der Waals surface area contributed by atoms with Crippen molar-refractivity contribution in [2.75, 3.05) is 46.8 Å². The number of hydrogen-bond acceptors (Lipinski definition) is 3. The van der Waals surface area contributed by atoms with Crippen molar-refractivity contribution in [2.24, 2.45) is 5.41 Å². The largest absolute Gasteiger partial charge is 0.316 e. The van der Waals surface area contributed by atoms with E-state index >= 15 is 0 Å². The number of likely N-dealkylation sites (tertiary alicyclic amines) is 1. The highest BCUT2D eigenvalue weighted by atomic mass is 15.2. The second-order valence-electron chi connectivity index (χ2n) is 6.54. The van der Waals surface area contributed by atoms with E-state index in [4.69, 9.17) is 0 Å². The van der Waals surface area contributed by atoms with Gasteiger partial charge in [0, 0.05) is 19.1 Å². The summed E-state index contributed by atoms with van der Waals surface area (Å²) in [5, 5.41) is 3.56. The first-order valence-corrected chi connectivity index (χ1v) is 7.19. The average Bonchev–Trinajstić information content (AvgIpc) is 2.30. The molecule has 2 heterocycles. The molecule has 1 unspecified atom stereocenters. The highest BCUT2D eigenvalue weighted by molar-refractivity contribution is 4.86. The molecule has 2 saturated heterocycles. The molecule has 0 amide bonds. The molecule has 2 rings (SSSR count). The van der Waals surface area contributed by atoms with Crippen LogP contribution in [0, 0.1) is 5.41 Å². The fourth-order valence-corrected chi connectivity index (χ4v) is 3.42. The van der Waals surface area contributed by atoms with Crippen molar-refractivity contribution in [3.8, 4) is 0 Å². The van der Waals surface area contributed by atoms with Crippen molar-refractivity contribution in [2.45, 2.75) is 38.6 Å². The van der Waals surface area contributed by atoms with Crippen molar-refractivity contribution < 1.29 is 0 Å². The first-order valence-electron chi connectivity index (χ1n) is 7.19. The lowest BCUT2D eigenvalue weighted by Crippen LogP contribution is -2.49. The number of nitrogens with one attached hydrogen (secondary N) is 1. The summed E-state index contributed by atoms with van der Waals surface area (Å²) in [6.07, 6.45) is 5.42. The zero-order chi connectivity index (χ0) is 12.3. The molecule has 17 heavy (non-hydrogen) atoms. The third-order valence-electron chi connectivity index (χ3n) is 4.63. The Balaban J connectivity index is 1.81. The minimum absolute atomic E-state index is 0.496. The standard InChI is InChI=1S/C14H29N3/c1-14(7-4-8-15-11-14)12-17(3)13-5-9-16(2)10-6-13/h13,15H,4-12H2,1-3H3.